The normalized spacial score (nSPS) is 16.3. The number of aromatic amines is 1. The summed E-state index contributed by atoms with van der Waals surface area (Å²) >= 11 is 0. The summed E-state index contributed by atoms with van der Waals surface area (Å²) < 4.78 is 14.1. The van der Waals surface area contributed by atoms with Gasteiger partial charge in [-0.25, -0.2) is 4.39 Å². The minimum Gasteiger partial charge on any atom is -0.322 e. The number of amides is 1. The molecule has 2 heterocycles. The lowest BCUT2D eigenvalue weighted by Crippen LogP contribution is -2.25. The van der Waals surface area contributed by atoms with Crippen molar-refractivity contribution in [1.29, 1.82) is 0 Å². The Bertz CT molecular complexity index is 921. The van der Waals surface area contributed by atoms with Gasteiger partial charge in [-0.2, -0.15) is 5.10 Å². The van der Waals surface area contributed by atoms with E-state index in [9.17, 15) is 9.18 Å². The van der Waals surface area contributed by atoms with Crippen LogP contribution in [0.1, 0.15) is 30.0 Å². The first-order chi connectivity index (χ1) is 12.2. The van der Waals surface area contributed by atoms with Crippen molar-refractivity contribution in [2.24, 2.45) is 0 Å². The molecule has 1 amide bonds. The van der Waals surface area contributed by atoms with Crippen molar-refractivity contribution in [2.75, 3.05) is 5.32 Å². The Balaban J connectivity index is 1.62. The van der Waals surface area contributed by atoms with Gasteiger partial charge >= 0.3 is 0 Å². The summed E-state index contributed by atoms with van der Waals surface area (Å²) in [7, 11) is 0. The first-order valence-corrected chi connectivity index (χ1v) is 8.27. The number of H-pyrrole nitrogens is 1. The van der Waals surface area contributed by atoms with Crippen LogP contribution in [-0.4, -0.2) is 21.1 Å². The molecule has 0 fully saturated rings. The highest BCUT2D eigenvalue weighted by atomic mass is 19.1. The fourth-order valence-electron chi connectivity index (χ4n) is 3.33. The molecule has 2 N–H and O–H groups in total. The molecule has 2 aromatic heterocycles. The molecule has 0 bridgehead atoms. The van der Waals surface area contributed by atoms with E-state index in [1.165, 1.54) is 12.3 Å². The molecule has 3 aromatic rings. The molecule has 4 rings (SSSR count). The van der Waals surface area contributed by atoms with Crippen molar-refractivity contribution in [2.45, 2.75) is 25.2 Å². The zero-order chi connectivity index (χ0) is 17.2. The summed E-state index contributed by atoms with van der Waals surface area (Å²) in [6.07, 6.45) is 5.86. The van der Waals surface area contributed by atoms with Crippen molar-refractivity contribution in [3.63, 3.8) is 0 Å². The van der Waals surface area contributed by atoms with Gasteiger partial charge in [-0.3, -0.25) is 14.9 Å². The minimum absolute atomic E-state index is 0.140. The van der Waals surface area contributed by atoms with Crippen molar-refractivity contribution < 1.29 is 9.18 Å². The Labute approximate surface area is 144 Å². The summed E-state index contributed by atoms with van der Waals surface area (Å²) in [6, 6.07) is 10.3. The maximum Gasteiger partial charge on any atom is 0.233 e. The van der Waals surface area contributed by atoms with Crippen molar-refractivity contribution in [3.05, 3.63) is 65.9 Å². The van der Waals surface area contributed by atoms with Crippen LogP contribution in [0.25, 0.3) is 11.3 Å². The number of rotatable bonds is 3. The molecule has 126 valence electrons. The summed E-state index contributed by atoms with van der Waals surface area (Å²) in [5.41, 5.74) is 3.26. The number of nitrogens with zero attached hydrogens (tertiary/aromatic N) is 2. The number of halogens is 1. The van der Waals surface area contributed by atoms with Gasteiger partial charge in [0.25, 0.3) is 0 Å². The Hall–Kier alpha value is -3.02. The van der Waals surface area contributed by atoms with Gasteiger partial charge in [-0.15, -0.1) is 0 Å². The summed E-state index contributed by atoms with van der Waals surface area (Å²) in [4.78, 5) is 17.2. The summed E-state index contributed by atoms with van der Waals surface area (Å²) in [6.45, 7) is 0. The molecule has 1 aliphatic carbocycles. The van der Waals surface area contributed by atoms with E-state index in [-0.39, 0.29) is 17.6 Å². The molecule has 6 heteroatoms. The van der Waals surface area contributed by atoms with Gasteiger partial charge in [-0.05, 0) is 43.0 Å². The Morgan fingerprint density at radius 2 is 2.12 bits per heavy atom. The average molecular weight is 336 g/mol. The average Bonchev–Trinajstić information content (AvgIpc) is 3.09. The second kappa shape index (κ2) is 6.47. The van der Waals surface area contributed by atoms with E-state index in [0.29, 0.717) is 16.9 Å². The lowest BCUT2D eigenvalue weighted by atomic mass is 9.86. The van der Waals surface area contributed by atoms with Crippen LogP contribution in [0.4, 0.5) is 10.1 Å². The monoisotopic (exact) mass is 336 g/mol. The van der Waals surface area contributed by atoms with Gasteiger partial charge in [0, 0.05) is 11.8 Å². The fraction of sp³-hybridized carbons (Fsp3) is 0.211. The molecule has 5 nitrogen and oxygen atoms in total. The van der Waals surface area contributed by atoms with Crippen LogP contribution in [0.2, 0.25) is 0 Å². The number of pyridine rings is 1. The molecule has 0 saturated heterocycles. The number of benzene rings is 1. The van der Waals surface area contributed by atoms with Crippen LogP contribution in [0.15, 0.2) is 48.8 Å². The standard InChI is InChI=1S/C19H17FN4O/c20-15-9-2-1-7-13(15)18-16(11-22-24-18)23-19(25)14-8-3-5-12-6-4-10-21-17(12)14/h1-2,4,6-7,9-11,14H,3,5,8H2,(H,22,24)(H,23,25)/t14-/m1/s1. The third-order valence-electron chi connectivity index (χ3n) is 4.55. The molecular weight excluding hydrogens is 319 g/mol. The molecule has 1 aliphatic rings. The highest BCUT2D eigenvalue weighted by Crippen LogP contribution is 2.33. The predicted molar refractivity (Wildman–Crippen MR) is 92.5 cm³/mol. The van der Waals surface area contributed by atoms with E-state index in [0.717, 1.165) is 30.5 Å². The molecule has 0 saturated carbocycles. The van der Waals surface area contributed by atoms with E-state index in [1.807, 2.05) is 12.1 Å². The third kappa shape index (κ3) is 2.91. The minimum atomic E-state index is -0.369. The van der Waals surface area contributed by atoms with Crippen LogP contribution < -0.4 is 5.32 Å². The Morgan fingerprint density at radius 3 is 3.00 bits per heavy atom. The van der Waals surface area contributed by atoms with E-state index < -0.39 is 0 Å². The van der Waals surface area contributed by atoms with Crippen molar-refractivity contribution in [3.8, 4) is 11.3 Å². The van der Waals surface area contributed by atoms with Crippen molar-refractivity contribution in [1.82, 2.24) is 15.2 Å². The zero-order valence-electron chi connectivity index (χ0n) is 13.5. The van der Waals surface area contributed by atoms with Gasteiger partial charge in [0.15, 0.2) is 0 Å². The van der Waals surface area contributed by atoms with Crippen LogP contribution in [0, 0.1) is 5.82 Å². The third-order valence-corrected chi connectivity index (χ3v) is 4.55. The quantitative estimate of drug-likeness (QED) is 0.766. The van der Waals surface area contributed by atoms with E-state index in [4.69, 9.17) is 0 Å². The second-order valence-electron chi connectivity index (χ2n) is 6.12. The number of nitrogens with one attached hydrogen (secondary N) is 2. The van der Waals surface area contributed by atoms with Crippen LogP contribution in [0.5, 0.6) is 0 Å². The van der Waals surface area contributed by atoms with Crippen LogP contribution in [-0.2, 0) is 11.2 Å². The van der Waals surface area contributed by atoms with E-state index in [1.54, 1.807) is 24.4 Å². The van der Waals surface area contributed by atoms with Gasteiger partial charge in [0.2, 0.25) is 5.91 Å². The summed E-state index contributed by atoms with van der Waals surface area (Å²) in [5.74, 6) is -0.807. The SMILES string of the molecule is O=C(Nc1cn[nH]c1-c1ccccc1F)[C@@H]1CCCc2cccnc21. The maximum atomic E-state index is 14.1. The molecule has 1 aromatic carbocycles. The number of aromatic nitrogens is 3. The fourth-order valence-corrected chi connectivity index (χ4v) is 3.33. The van der Waals surface area contributed by atoms with E-state index in [2.05, 4.69) is 20.5 Å². The molecule has 0 aliphatic heterocycles. The predicted octanol–water partition coefficient (Wildman–Crippen LogP) is 3.67. The lowest BCUT2D eigenvalue weighted by Gasteiger charge is -2.23. The first kappa shape index (κ1) is 15.5. The van der Waals surface area contributed by atoms with Gasteiger partial charge in [0.05, 0.1) is 29.2 Å². The van der Waals surface area contributed by atoms with Gasteiger partial charge in [0.1, 0.15) is 5.82 Å². The number of hydrogen-bond donors (Lipinski definition) is 2. The number of carbonyl (C=O) groups excluding carboxylic acids is 1. The smallest absolute Gasteiger partial charge is 0.233 e. The highest BCUT2D eigenvalue weighted by molar-refractivity contribution is 5.98. The van der Waals surface area contributed by atoms with Crippen LogP contribution >= 0.6 is 0 Å². The van der Waals surface area contributed by atoms with Crippen molar-refractivity contribution >= 4 is 11.6 Å². The number of fused-ring (bicyclic) bond motifs is 1. The molecular formula is C19H17FN4O. The Morgan fingerprint density at radius 1 is 1.24 bits per heavy atom. The second-order valence-corrected chi connectivity index (χ2v) is 6.12. The number of anilines is 1. The Kier molecular flexibility index (Phi) is 4.01. The largest absolute Gasteiger partial charge is 0.322 e. The first-order valence-electron chi connectivity index (χ1n) is 8.27. The molecule has 0 unspecified atom stereocenters. The molecule has 0 spiro atoms. The highest BCUT2D eigenvalue weighted by Gasteiger charge is 2.28. The number of carbonyl (C=O) groups is 1. The van der Waals surface area contributed by atoms with E-state index >= 15 is 0 Å². The van der Waals surface area contributed by atoms with Gasteiger partial charge in [-0.1, -0.05) is 18.2 Å². The zero-order valence-corrected chi connectivity index (χ0v) is 13.5. The maximum absolute atomic E-state index is 14.1. The number of aryl methyl sites for hydroxylation is 1. The molecule has 25 heavy (non-hydrogen) atoms. The topological polar surface area (TPSA) is 70.7 Å². The van der Waals surface area contributed by atoms with Gasteiger partial charge < -0.3 is 5.32 Å². The number of hydrogen-bond acceptors (Lipinski definition) is 3. The lowest BCUT2D eigenvalue weighted by molar-refractivity contribution is -0.118. The molecule has 0 radical (unpaired) electrons. The molecule has 1 atom stereocenters. The summed E-state index contributed by atoms with van der Waals surface area (Å²) in [5, 5.41) is 9.62. The van der Waals surface area contributed by atoms with Crippen LogP contribution in [0.3, 0.4) is 0 Å².